The van der Waals surface area contributed by atoms with E-state index in [9.17, 15) is 18.0 Å². The minimum absolute atomic E-state index is 0.0212. The van der Waals surface area contributed by atoms with Crippen molar-refractivity contribution in [2.45, 2.75) is 12.7 Å². The van der Waals surface area contributed by atoms with Gasteiger partial charge in [-0.15, -0.1) is 5.10 Å². The van der Waals surface area contributed by atoms with Gasteiger partial charge in [-0.05, 0) is 23.8 Å². The molecule has 0 atom stereocenters. The molecule has 0 saturated carbocycles. The van der Waals surface area contributed by atoms with E-state index in [1.807, 2.05) is 0 Å². The summed E-state index contributed by atoms with van der Waals surface area (Å²) < 4.78 is 39.5. The first kappa shape index (κ1) is 13.3. The molecule has 0 aliphatic heterocycles. The van der Waals surface area contributed by atoms with Crippen molar-refractivity contribution < 1.29 is 13.2 Å². The molecule has 0 aliphatic rings. The van der Waals surface area contributed by atoms with Crippen molar-refractivity contribution in [1.82, 2.24) is 24.4 Å². The van der Waals surface area contributed by atoms with E-state index >= 15 is 0 Å². The fourth-order valence-corrected chi connectivity index (χ4v) is 1.82. The van der Waals surface area contributed by atoms with Crippen LogP contribution in [0.1, 0.15) is 11.3 Å². The van der Waals surface area contributed by atoms with Crippen molar-refractivity contribution in [3.8, 4) is 0 Å². The maximum atomic E-state index is 12.4. The number of rotatable bonds is 2. The predicted molar refractivity (Wildman–Crippen MR) is 65.6 cm³/mol. The summed E-state index contributed by atoms with van der Waals surface area (Å²) in [6.45, 7) is 0.0212. The molecular weight excluding hydrogens is 287 g/mol. The number of halogens is 3. The van der Waals surface area contributed by atoms with Crippen LogP contribution >= 0.6 is 0 Å². The Morgan fingerprint density at radius 3 is 2.62 bits per heavy atom. The lowest BCUT2D eigenvalue weighted by atomic mass is 10.2. The number of hydrogen-bond donors (Lipinski definition) is 0. The fourth-order valence-electron chi connectivity index (χ4n) is 1.82. The van der Waals surface area contributed by atoms with Crippen LogP contribution in [0, 0.1) is 0 Å². The smallest absolute Gasteiger partial charge is 0.251 e. The average Bonchev–Trinajstić information content (AvgIpc) is 2.76. The molecule has 0 saturated heterocycles. The highest BCUT2D eigenvalue weighted by Gasteiger charge is 2.32. The van der Waals surface area contributed by atoms with Crippen LogP contribution in [0.3, 0.4) is 0 Å². The third-order valence-corrected chi connectivity index (χ3v) is 2.80. The zero-order valence-corrected chi connectivity index (χ0v) is 10.4. The Balaban J connectivity index is 1.92. The first-order chi connectivity index (χ1) is 9.95. The molecule has 0 amide bonds. The average molecular weight is 295 g/mol. The monoisotopic (exact) mass is 295 g/mol. The molecule has 0 radical (unpaired) electrons. The topological polar surface area (TPSA) is 65.1 Å². The molecule has 0 spiro atoms. The van der Waals surface area contributed by atoms with Crippen LogP contribution in [-0.4, -0.2) is 24.4 Å². The summed E-state index contributed by atoms with van der Waals surface area (Å²) in [6, 6.07) is 5.37. The summed E-state index contributed by atoms with van der Waals surface area (Å²) in [6.07, 6.45) is -1.96. The quantitative estimate of drug-likeness (QED) is 0.716. The van der Waals surface area contributed by atoms with Gasteiger partial charge in [0.05, 0.1) is 6.54 Å². The van der Waals surface area contributed by atoms with Crippen LogP contribution in [0.15, 0.2) is 41.5 Å². The highest BCUT2D eigenvalue weighted by atomic mass is 19.4. The number of alkyl halides is 3. The maximum Gasteiger partial charge on any atom is 0.433 e. The maximum absolute atomic E-state index is 12.4. The van der Waals surface area contributed by atoms with Gasteiger partial charge in [0.2, 0.25) is 0 Å². The zero-order valence-electron chi connectivity index (χ0n) is 10.4. The van der Waals surface area contributed by atoms with E-state index in [2.05, 4.69) is 15.2 Å². The number of pyridine rings is 1. The second-order valence-electron chi connectivity index (χ2n) is 4.28. The van der Waals surface area contributed by atoms with Crippen LogP contribution in [0.5, 0.6) is 0 Å². The minimum atomic E-state index is -4.48. The standard InChI is InChI=1S/C12H8F3N5O/c13-12(14,15)9-4-3-8(6-16-9)7-19-11(21)20-10(18-19)2-1-5-17-20/h1-6H,7H2. The molecule has 0 unspecified atom stereocenters. The van der Waals surface area contributed by atoms with Gasteiger partial charge in [-0.25, -0.2) is 9.48 Å². The van der Waals surface area contributed by atoms with Crippen molar-refractivity contribution in [2.24, 2.45) is 0 Å². The summed E-state index contributed by atoms with van der Waals surface area (Å²) in [5.41, 5.74) is -0.642. The Labute approximate surface area is 115 Å². The van der Waals surface area contributed by atoms with Crippen LogP contribution in [-0.2, 0) is 12.7 Å². The van der Waals surface area contributed by atoms with Gasteiger partial charge >= 0.3 is 11.9 Å². The van der Waals surface area contributed by atoms with Gasteiger partial charge in [-0.3, -0.25) is 4.98 Å². The van der Waals surface area contributed by atoms with E-state index in [4.69, 9.17) is 0 Å². The number of hydrogen-bond acceptors (Lipinski definition) is 4. The second-order valence-corrected chi connectivity index (χ2v) is 4.28. The van der Waals surface area contributed by atoms with Crippen molar-refractivity contribution in [1.29, 1.82) is 0 Å². The minimum Gasteiger partial charge on any atom is -0.251 e. The largest absolute Gasteiger partial charge is 0.433 e. The third-order valence-electron chi connectivity index (χ3n) is 2.80. The van der Waals surface area contributed by atoms with Crippen LogP contribution in [0.2, 0.25) is 0 Å². The molecule has 9 heteroatoms. The number of nitrogens with zero attached hydrogens (tertiary/aromatic N) is 5. The molecule has 3 aromatic rings. The van der Waals surface area contributed by atoms with E-state index in [1.54, 1.807) is 12.1 Å². The Kier molecular flexibility index (Phi) is 2.96. The Bertz CT molecular complexity index is 834. The highest BCUT2D eigenvalue weighted by Crippen LogP contribution is 2.27. The summed E-state index contributed by atoms with van der Waals surface area (Å²) >= 11 is 0. The molecule has 0 aliphatic carbocycles. The first-order valence-electron chi connectivity index (χ1n) is 5.88. The van der Waals surface area contributed by atoms with Gasteiger partial charge in [0.25, 0.3) is 0 Å². The van der Waals surface area contributed by atoms with Gasteiger partial charge in [0, 0.05) is 12.4 Å². The molecule has 3 heterocycles. The summed E-state index contributed by atoms with van der Waals surface area (Å²) in [5.74, 6) is 0. The lowest BCUT2D eigenvalue weighted by Crippen LogP contribution is -2.23. The van der Waals surface area contributed by atoms with Gasteiger partial charge in [0.1, 0.15) is 5.69 Å². The van der Waals surface area contributed by atoms with Gasteiger partial charge in [-0.2, -0.15) is 22.8 Å². The van der Waals surface area contributed by atoms with Crippen molar-refractivity contribution in [2.75, 3.05) is 0 Å². The summed E-state index contributed by atoms with van der Waals surface area (Å²) in [7, 11) is 0. The third kappa shape index (κ3) is 2.49. The highest BCUT2D eigenvalue weighted by molar-refractivity contribution is 5.33. The van der Waals surface area contributed by atoms with Crippen molar-refractivity contribution in [3.63, 3.8) is 0 Å². The lowest BCUT2D eigenvalue weighted by Gasteiger charge is -2.06. The Hall–Kier alpha value is -2.71. The predicted octanol–water partition coefficient (Wildman–Crippen LogP) is 1.35. The second kappa shape index (κ2) is 4.69. The molecular formula is C12H8F3N5O. The van der Waals surface area contributed by atoms with Crippen LogP contribution < -0.4 is 5.69 Å². The van der Waals surface area contributed by atoms with Crippen LogP contribution in [0.4, 0.5) is 13.2 Å². The van der Waals surface area contributed by atoms with E-state index in [-0.39, 0.29) is 6.54 Å². The molecule has 0 fully saturated rings. The fraction of sp³-hybridized carbons (Fsp3) is 0.167. The van der Waals surface area contributed by atoms with Crippen LogP contribution in [0.25, 0.3) is 5.65 Å². The first-order valence-corrected chi connectivity index (χ1v) is 5.88. The number of aromatic nitrogens is 5. The van der Waals surface area contributed by atoms with E-state index in [0.29, 0.717) is 11.2 Å². The van der Waals surface area contributed by atoms with Crippen molar-refractivity contribution in [3.05, 3.63) is 58.4 Å². The summed E-state index contributed by atoms with van der Waals surface area (Å²) in [4.78, 5) is 15.3. The Morgan fingerprint density at radius 2 is 2.00 bits per heavy atom. The van der Waals surface area contributed by atoms with E-state index in [1.165, 1.54) is 12.3 Å². The van der Waals surface area contributed by atoms with E-state index < -0.39 is 17.6 Å². The normalized spacial score (nSPS) is 12.0. The molecule has 0 aromatic carbocycles. The molecule has 0 N–H and O–H groups in total. The lowest BCUT2D eigenvalue weighted by molar-refractivity contribution is -0.141. The Morgan fingerprint density at radius 1 is 1.19 bits per heavy atom. The molecule has 3 rings (SSSR count). The van der Waals surface area contributed by atoms with Gasteiger partial charge in [-0.1, -0.05) is 6.07 Å². The molecule has 108 valence electrons. The SMILES string of the molecule is O=c1n(Cc2ccc(C(F)(F)F)nc2)nc2cccnn12. The molecule has 21 heavy (non-hydrogen) atoms. The van der Waals surface area contributed by atoms with Crippen molar-refractivity contribution >= 4 is 5.65 Å². The van der Waals surface area contributed by atoms with E-state index in [0.717, 1.165) is 21.5 Å². The molecule has 6 nitrogen and oxygen atoms in total. The summed E-state index contributed by atoms with van der Waals surface area (Å²) in [5, 5.41) is 7.88. The molecule has 0 bridgehead atoms. The van der Waals surface area contributed by atoms with Gasteiger partial charge in [0.15, 0.2) is 5.65 Å². The number of fused-ring (bicyclic) bond motifs is 1. The van der Waals surface area contributed by atoms with Gasteiger partial charge < -0.3 is 0 Å². The zero-order chi connectivity index (χ0) is 15.0. The molecule has 3 aromatic heterocycles.